The largest absolute Gasteiger partial charge is 0.496 e. The maximum atomic E-state index is 12.5. The van der Waals surface area contributed by atoms with Crippen molar-refractivity contribution in [3.8, 4) is 17.2 Å². The monoisotopic (exact) mass is 353 g/mol. The lowest BCUT2D eigenvalue weighted by Crippen LogP contribution is -2.23. The summed E-state index contributed by atoms with van der Waals surface area (Å²) in [6.07, 6.45) is 3.60. The molecule has 0 aliphatic carbocycles. The number of amides is 1. The van der Waals surface area contributed by atoms with Gasteiger partial charge in [0.1, 0.15) is 30.3 Å². The molecule has 0 radical (unpaired) electrons. The van der Waals surface area contributed by atoms with Crippen LogP contribution < -0.4 is 19.5 Å². The summed E-state index contributed by atoms with van der Waals surface area (Å²) in [6, 6.07) is 7.52. The number of hydrogen-bond acceptors (Lipinski definition) is 5. The topological polar surface area (TPSA) is 74.1 Å². The second-order valence-electron chi connectivity index (χ2n) is 6.09. The third-order valence-corrected chi connectivity index (χ3v) is 4.23. The second-order valence-corrected chi connectivity index (χ2v) is 6.09. The van der Waals surface area contributed by atoms with Crippen LogP contribution in [0.5, 0.6) is 17.2 Å². The SMILES string of the molecule is COc1cc2c(cc1CNC(=O)c1cn3ccc(C)cc3n1)OCCO2. The van der Waals surface area contributed by atoms with Gasteiger partial charge in [-0.25, -0.2) is 4.98 Å². The minimum absolute atomic E-state index is 0.247. The maximum Gasteiger partial charge on any atom is 0.271 e. The number of benzene rings is 1. The van der Waals surface area contributed by atoms with Gasteiger partial charge < -0.3 is 23.9 Å². The van der Waals surface area contributed by atoms with E-state index in [0.717, 1.165) is 16.8 Å². The van der Waals surface area contributed by atoms with Crippen LogP contribution in [0.25, 0.3) is 5.65 Å². The highest BCUT2D eigenvalue weighted by molar-refractivity contribution is 5.92. The summed E-state index contributed by atoms with van der Waals surface area (Å²) < 4.78 is 18.4. The fraction of sp³-hybridized carbons (Fsp3) is 0.263. The Labute approximate surface area is 150 Å². The molecule has 0 fully saturated rings. The van der Waals surface area contributed by atoms with Gasteiger partial charge >= 0.3 is 0 Å². The van der Waals surface area contributed by atoms with Gasteiger partial charge in [-0.1, -0.05) is 0 Å². The quantitative estimate of drug-likeness (QED) is 0.779. The summed E-state index contributed by atoms with van der Waals surface area (Å²) in [5, 5.41) is 2.88. The summed E-state index contributed by atoms with van der Waals surface area (Å²) in [7, 11) is 1.58. The number of carbonyl (C=O) groups is 1. The third kappa shape index (κ3) is 3.03. The van der Waals surface area contributed by atoms with E-state index >= 15 is 0 Å². The highest BCUT2D eigenvalue weighted by Gasteiger charge is 2.17. The first-order valence-corrected chi connectivity index (χ1v) is 8.34. The van der Waals surface area contributed by atoms with Crippen LogP contribution in [-0.4, -0.2) is 35.6 Å². The maximum absolute atomic E-state index is 12.5. The van der Waals surface area contributed by atoms with E-state index < -0.39 is 0 Å². The Kier molecular flexibility index (Phi) is 4.12. The summed E-state index contributed by atoms with van der Waals surface area (Å²) in [5.41, 5.74) is 3.01. The summed E-state index contributed by atoms with van der Waals surface area (Å²) in [6.45, 7) is 3.31. The molecule has 1 aromatic carbocycles. The van der Waals surface area contributed by atoms with E-state index in [0.29, 0.717) is 42.7 Å². The molecule has 1 N–H and O–H groups in total. The number of rotatable bonds is 4. The first-order valence-electron chi connectivity index (χ1n) is 8.34. The van der Waals surface area contributed by atoms with Gasteiger partial charge in [0.25, 0.3) is 5.91 Å². The molecule has 0 atom stereocenters. The molecule has 7 heteroatoms. The average molecular weight is 353 g/mol. The normalized spacial score (nSPS) is 12.8. The molecule has 0 unspecified atom stereocenters. The molecule has 1 aliphatic rings. The summed E-state index contributed by atoms with van der Waals surface area (Å²) in [4.78, 5) is 16.9. The van der Waals surface area contributed by atoms with Gasteiger partial charge in [0.2, 0.25) is 0 Å². The number of nitrogens with one attached hydrogen (secondary N) is 1. The zero-order valence-corrected chi connectivity index (χ0v) is 14.6. The molecule has 0 spiro atoms. The molecule has 26 heavy (non-hydrogen) atoms. The first-order chi connectivity index (χ1) is 12.6. The van der Waals surface area contributed by atoms with Crippen molar-refractivity contribution in [2.24, 2.45) is 0 Å². The zero-order valence-electron chi connectivity index (χ0n) is 14.6. The van der Waals surface area contributed by atoms with Crippen LogP contribution in [0.4, 0.5) is 0 Å². The standard InChI is InChI=1S/C19H19N3O4/c1-12-3-4-22-11-14(21-18(22)7-12)19(23)20-10-13-8-16-17(9-15(13)24-2)26-6-5-25-16/h3-4,7-9,11H,5-6,10H2,1-2H3,(H,20,23). The fourth-order valence-corrected chi connectivity index (χ4v) is 2.90. The van der Waals surface area contributed by atoms with Crippen LogP contribution in [0.1, 0.15) is 21.6 Å². The molecule has 1 aliphatic heterocycles. The minimum atomic E-state index is -0.247. The van der Waals surface area contributed by atoms with Crippen LogP contribution in [-0.2, 0) is 6.54 Å². The van der Waals surface area contributed by atoms with Crippen LogP contribution in [0.3, 0.4) is 0 Å². The van der Waals surface area contributed by atoms with Crippen LogP contribution in [0.15, 0.2) is 36.7 Å². The van der Waals surface area contributed by atoms with Gasteiger partial charge in [-0.05, 0) is 30.7 Å². The van der Waals surface area contributed by atoms with Crippen molar-refractivity contribution in [2.75, 3.05) is 20.3 Å². The number of carbonyl (C=O) groups excluding carboxylic acids is 1. The Hall–Kier alpha value is -3.22. The van der Waals surface area contributed by atoms with E-state index in [9.17, 15) is 4.79 Å². The molecule has 3 heterocycles. The number of aromatic nitrogens is 2. The lowest BCUT2D eigenvalue weighted by molar-refractivity contribution is 0.0946. The number of aryl methyl sites for hydroxylation is 1. The Balaban J connectivity index is 1.53. The molecule has 7 nitrogen and oxygen atoms in total. The predicted molar refractivity (Wildman–Crippen MR) is 95.1 cm³/mol. The van der Waals surface area contributed by atoms with Crippen molar-refractivity contribution in [2.45, 2.75) is 13.5 Å². The number of fused-ring (bicyclic) bond motifs is 2. The van der Waals surface area contributed by atoms with Crippen molar-refractivity contribution in [3.63, 3.8) is 0 Å². The van der Waals surface area contributed by atoms with Crippen LogP contribution in [0.2, 0.25) is 0 Å². The van der Waals surface area contributed by atoms with E-state index in [1.807, 2.05) is 35.7 Å². The molecular formula is C19H19N3O4. The molecule has 4 rings (SSSR count). The number of hydrogen-bond donors (Lipinski definition) is 1. The first kappa shape index (κ1) is 16.3. The van der Waals surface area contributed by atoms with Gasteiger partial charge in [0, 0.05) is 30.6 Å². The van der Waals surface area contributed by atoms with Gasteiger partial charge in [0.05, 0.1) is 7.11 Å². The molecular weight excluding hydrogens is 334 g/mol. The van der Waals surface area contributed by atoms with Gasteiger partial charge in [-0.3, -0.25) is 4.79 Å². The summed E-state index contributed by atoms with van der Waals surface area (Å²) in [5.74, 6) is 1.70. The van der Waals surface area contributed by atoms with E-state index in [-0.39, 0.29) is 5.91 Å². The van der Waals surface area contributed by atoms with E-state index in [1.165, 1.54) is 0 Å². The molecule has 2 aromatic heterocycles. The number of pyridine rings is 1. The van der Waals surface area contributed by atoms with Crippen molar-refractivity contribution < 1.29 is 19.0 Å². The Bertz CT molecular complexity index is 980. The van der Waals surface area contributed by atoms with Gasteiger partial charge in [-0.15, -0.1) is 0 Å². The van der Waals surface area contributed by atoms with Gasteiger partial charge in [0.15, 0.2) is 11.5 Å². The molecule has 3 aromatic rings. The van der Waals surface area contributed by atoms with E-state index in [2.05, 4.69) is 10.3 Å². The van der Waals surface area contributed by atoms with Crippen molar-refractivity contribution >= 4 is 11.6 Å². The molecule has 134 valence electrons. The Morgan fingerprint density at radius 2 is 2.04 bits per heavy atom. The average Bonchev–Trinajstić information content (AvgIpc) is 3.08. The Morgan fingerprint density at radius 3 is 2.81 bits per heavy atom. The number of nitrogens with zero attached hydrogens (tertiary/aromatic N) is 2. The molecule has 0 bridgehead atoms. The van der Waals surface area contributed by atoms with Crippen molar-refractivity contribution in [3.05, 3.63) is 53.5 Å². The van der Waals surface area contributed by atoms with Gasteiger partial charge in [-0.2, -0.15) is 0 Å². The predicted octanol–water partition coefficient (Wildman–Crippen LogP) is 2.35. The number of methoxy groups -OCH3 is 1. The summed E-state index contributed by atoms with van der Waals surface area (Å²) >= 11 is 0. The van der Waals surface area contributed by atoms with Crippen molar-refractivity contribution in [1.82, 2.24) is 14.7 Å². The van der Waals surface area contributed by atoms with Crippen molar-refractivity contribution in [1.29, 1.82) is 0 Å². The zero-order chi connectivity index (χ0) is 18.1. The van der Waals surface area contributed by atoms with E-state index in [4.69, 9.17) is 14.2 Å². The number of ether oxygens (including phenoxy) is 3. The fourth-order valence-electron chi connectivity index (χ4n) is 2.90. The lowest BCUT2D eigenvalue weighted by atomic mass is 10.1. The highest BCUT2D eigenvalue weighted by Crippen LogP contribution is 2.36. The molecule has 0 saturated carbocycles. The molecule has 1 amide bonds. The van der Waals surface area contributed by atoms with Crippen LogP contribution >= 0.6 is 0 Å². The lowest BCUT2D eigenvalue weighted by Gasteiger charge is -2.20. The minimum Gasteiger partial charge on any atom is -0.496 e. The van der Waals surface area contributed by atoms with E-state index in [1.54, 1.807) is 19.4 Å². The smallest absolute Gasteiger partial charge is 0.271 e. The molecule has 0 saturated heterocycles. The van der Waals surface area contributed by atoms with Crippen LogP contribution in [0, 0.1) is 6.92 Å². The third-order valence-electron chi connectivity index (χ3n) is 4.23. The number of imidazole rings is 1. The Morgan fingerprint density at radius 1 is 1.27 bits per heavy atom. The highest BCUT2D eigenvalue weighted by atomic mass is 16.6. The second kappa shape index (κ2) is 6.59.